The molecule has 0 amide bonds. The zero-order chi connectivity index (χ0) is 17.1. The van der Waals surface area contributed by atoms with Gasteiger partial charge in [-0.15, -0.1) is 11.6 Å². The number of alkyl halides is 1. The summed E-state index contributed by atoms with van der Waals surface area (Å²) < 4.78 is 0. The second kappa shape index (κ2) is 6.99. The number of aromatic nitrogens is 1. The number of nitrogens with zero attached hydrogens (tertiary/aromatic N) is 1. The van der Waals surface area contributed by atoms with Crippen LogP contribution in [0, 0.1) is 0 Å². The fourth-order valence-corrected chi connectivity index (χ4v) is 3.08. The maximum atomic E-state index is 5.72. The molecule has 0 bridgehead atoms. The average molecular weight is 348 g/mol. The minimum atomic E-state index is 0.592. The summed E-state index contributed by atoms with van der Waals surface area (Å²) in [5, 5.41) is 9.09. The van der Waals surface area contributed by atoms with Crippen LogP contribution in [0.1, 0.15) is 0 Å². The zero-order valence-electron chi connectivity index (χ0n) is 13.7. The Balaban J connectivity index is 1.76. The normalized spacial score (nSPS) is 10.9. The van der Waals surface area contributed by atoms with E-state index in [9.17, 15) is 0 Å². The number of anilines is 3. The third-order valence-corrected chi connectivity index (χ3v) is 4.35. The van der Waals surface area contributed by atoms with Crippen molar-refractivity contribution >= 4 is 50.5 Å². The molecule has 0 spiro atoms. The van der Waals surface area contributed by atoms with Crippen LogP contribution in [-0.4, -0.2) is 17.4 Å². The monoisotopic (exact) mass is 347 g/mol. The Morgan fingerprint density at radius 3 is 1.88 bits per heavy atom. The maximum Gasteiger partial charge on any atom is 0.0730 e. The number of hydrogen-bond acceptors (Lipinski definition) is 3. The largest absolute Gasteiger partial charge is 0.384 e. The van der Waals surface area contributed by atoms with Gasteiger partial charge in [0.25, 0.3) is 0 Å². The molecule has 0 unspecified atom stereocenters. The first-order valence-electron chi connectivity index (χ1n) is 8.29. The summed E-state index contributed by atoms with van der Waals surface area (Å²) in [6.07, 6.45) is 0. The Morgan fingerprint density at radius 1 is 0.720 bits per heavy atom. The number of halogens is 1. The van der Waals surface area contributed by atoms with Crippen molar-refractivity contribution in [1.82, 2.24) is 4.98 Å². The quantitative estimate of drug-likeness (QED) is 0.355. The molecule has 0 aliphatic heterocycles. The van der Waals surface area contributed by atoms with Gasteiger partial charge in [0, 0.05) is 34.6 Å². The van der Waals surface area contributed by atoms with Crippen molar-refractivity contribution in [3.05, 3.63) is 72.8 Å². The predicted octanol–water partition coefficient (Wildman–Crippen LogP) is 5.78. The molecule has 0 aliphatic rings. The highest BCUT2D eigenvalue weighted by atomic mass is 35.5. The number of nitrogens with one attached hydrogen (secondary N) is 2. The van der Waals surface area contributed by atoms with Crippen LogP contribution in [0.2, 0.25) is 0 Å². The van der Waals surface area contributed by atoms with E-state index in [-0.39, 0.29) is 0 Å². The van der Waals surface area contributed by atoms with E-state index >= 15 is 0 Å². The van der Waals surface area contributed by atoms with Gasteiger partial charge in [-0.05, 0) is 36.4 Å². The number of benzene rings is 3. The van der Waals surface area contributed by atoms with E-state index in [2.05, 4.69) is 47.0 Å². The molecular weight excluding hydrogens is 330 g/mol. The predicted molar refractivity (Wildman–Crippen MR) is 108 cm³/mol. The van der Waals surface area contributed by atoms with Crippen molar-refractivity contribution in [2.24, 2.45) is 0 Å². The fourth-order valence-electron chi connectivity index (χ4n) is 2.98. The molecule has 0 aliphatic carbocycles. The second-order valence-electron chi connectivity index (χ2n) is 5.84. The smallest absolute Gasteiger partial charge is 0.0730 e. The van der Waals surface area contributed by atoms with Gasteiger partial charge in [-0.3, -0.25) is 0 Å². The Morgan fingerprint density at radius 2 is 1.28 bits per heavy atom. The van der Waals surface area contributed by atoms with E-state index in [1.807, 2.05) is 36.4 Å². The lowest BCUT2D eigenvalue weighted by Gasteiger charge is -2.14. The summed E-state index contributed by atoms with van der Waals surface area (Å²) >= 11 is 5.72. The van der Waals surface area contributed by atoms with E-state index < -0.39 is 0 Å². The Bertz CT molecular complexity index is 958. The molecule has 1 heterocycles. The van der Waals surface area contributed by atoms with Gasteiger partial charge in [0.1, 0.15) is 0 Å². The lowest BCUT2D eigenvalue weighted by molar-refractivity contribution is 1.22. The number of para-hydroxylation sites is 2. The molecular formula is C21H18ClN3. The molecule has 1 aromatic heterocycles. The van der Waals surface area contributed by atoms with Crippen LogP contribution >= 0.6 is 11.6 Å². The maximum absolute atomic E-state index is 5.72. The van der Waals surface area contributed by atoms with Gasteiger partial charge in [0.2, 0.25) is 0 Å². The van der Waals surface area contributed by atoms with Gasteiger partial charge in [0.05, 0.1) is 16.7 Å². The van der Waals surface area contributed by atoms with Crippen LogP contribution in [-0.2, 0) is 0 Å². The molecule has 4 rings (SSSR count). The van der Waals surface area contributed by atoms with Crippen LogP contribution in [0.15, 0.2) is 72.8 Å². The van der Waals surface area contributed by atoms with Gasteiger partial charge in [0.15, 0.2) is 0 Å². The van der Waals surface area contributed by atoms with E-state index in [4.69, 9.17) is 16.6 Å². The van der Waals surface area contributed by atoms with Gasteiger partial charge in [-0.1, -0.05) is 36.4 Å². The van der Waals surface area contributed by atoms with Crippen LogP contribution in [0.5, 0.6) is 0 Å². The first kappa shape index (κ1) is 15.7. The molecule has 0 radical (unpaired) electrons. The fraction of sp³-hybridized carbons (Fsp3) is 0.0952. The summed E-state index contributed by atoms with van der Waals surface area (Å²) in [5.41, 5.74) is 5.17. The molecule has 4 heteroatoms. The van der Waals surface area contributed by atoms with Crippen molar-refractivity contribution in [3.63, 3.8) is 0 Å². The molecule has 0 atom stereocenters. The molecule has 4 aromatic rings. The van der Waals surface area contributed by atoms with Crippen LogP contribution in [0.25, 0.3) is 21.8 Å². The number of rotatable bonds is 5. The van der Waals surface area contributed by atoms with Gasteiger partial charge >= 0.3 is 0 Å². The number of pyridine rings is 1. The molecule has 0 fully saturated rings. The van der Waals surface area contributed by atoms with Crippen molar-refractivity contribution in [3.8, 4) is 0 Å². The van der Waals surface area contributed by atoms with Crippen molar-refractivity contribution < 1.29 is 0 Å². The van der Waals surface area contributed by atoms with Crippen LogP contribution in [0.4, 0.5) is 17.1 Å². The Labute approximate surface area is 151 Å². The number of fused-ring (bicyclic) bond motifs is 2. The zero-order valence-corrected chi connectivity index (χ0v) is 14.4. The van der Waals surface area contributed by atoms with E-state index in [0.29, 0.717) is 5.88 Å². The first-order valence-corrected chi connectivity index (χ1v) is 8.83. The average Bonchev–Trinajstić information content (AvgIpc) is 2.67. The van der Waals surface area contributed by atoms with Crippen LogP contribution < -0.4 is 10.6 Å². The third kappa shape index (κ3) is 3.24. The van der Waals surface area contributed by atoms with Gasteiger partial charge < -0.3 is 10.6 Å². The highest BCUT2D eigenvalue weighted by Gasteiger charge is 2.08. The van der Waals surface area contributed by atoms with Gasteiger partial charge in [-0.2, -0.15) is 0 Å². The van der Waals surface area contributed by atoms with Crippen molar-refractivity contribution in [2.75, 3.05) is 23.1 Å². The highest BCUT2D eigenvalue weighted by Crippen LogP contribution is 2.33. The summed E-state index contributed by atoms with van der Waals surface area (Å²) in [6, 6.07) is 24.7. The van der Waals surface area contributed by atoms with Crippen molar-refractivity contribution in [1.29, 1.82) is 0 Å². The Kier molecular flexibility index (Phi) is 4.40. The SMILES string of the molecule is ClCCNc1ccc(Nc2c3ccccc3nc3ccccc23)cc1. The Hall–Kier alpha value is -2.78. The molecule has 0 saturated carbocycles. The topological polar surface area (TPSA) is 37.0 Å². The standard InChI is InChI=1S/C21H18ClN3/c22-13-14-23-15-9-11-16(12-10-15)24-21-17-5-1-3-7-19(17)25-20-8-4-2-6-18(20)21/h1-12,23H,13-14H2,(H,24,25). The van der Waals surface area contributed by atoms with E-state index in [0.717, 1.165) is 45.4 Å². The molecule has 2 N–H and O–H groups in total. The summed E-state index contributed by atoms with van der Waals surface area (Å²) in [4.78, 5) is 4.77. The first-order chi connectivity index (χ1) is 12.3. The van der Waals surface area contributed by atoms with E-state index in [1.165, 1.54) is 0 Å². The minimum absolute atomic E-state index is 0.592. The third-order valence-electron chi connectivity index (χ3n) is 4.17. The van der Waals surface area contributed by atoms with E-state index in [1.54, 1.807) is 0 Å². The summed E-state index contributed by atoms with van der Waals surface area (Å²) in [5.74, 6) is 0.592. The highest BCUT2D eigenvalue weighted by molar-refractivity contribution is 6.18. The number of hydrogen-bond donors (Lipinski definition) is 2. The molecule has 124 valence electrons. The lowest BCUT2D eigenvalue weighted by atomic mass is 10.1. The molecule has 3 nitrogen and oxygen atoms in total. The molecule has 3 aromatic carbocycles. The molecule has 25 heavy (non-hydrogen) atoms. The molecule has 0 saturated heterocycles. The minimum Gasteiger partial charge on any atom is -0.384 e. The van der Waals surface area contributed by atoms with Gasteiger partial charge in [-0.25, -0.2) is 4.98 Å². The summed E-state index contributed by atoms with van der Waals surface area (Å²) in [6.45, 7) is 0.758. The van der Waals surface area contributed by atoms with Crippen LogP contribution in [0.3, 0.4) is 0 Å². The summed E-state index contributed by atoms with van der Waals surface area (Å²) in [7, 11) is 0. The lowest BCUT2D eigenvalue weighted by Crippen LogP contribution is -2.02. The second-order valence-corrected chi connectivity index (χ2v) is 6.22. The van der Waals surface area contributed by atoms with Crippen molar-refractivity contribution in [2.45, 2.75) is 0 Å².